The molecule has 0 aliphatic carbocycles. The number of methoxy groups -OCH3 is 1. The molecule has 3 N–H and O–H groups in total. The lowest BCUT2D eigenvalue weighted by Crippen LogP contribution is -2.45. The van der Waals surface area contributed by atoms with Crippen LogP contribution in [0, 0.1) is 0 Å². The molecule has 0 amide bonds. The molecule has 0 saturated heterocycles. The number of carbonyl (C=O) groups is 1. The first kappa shape index (κ1) is 21.7. The molecule has 0 heterocycles. The minimum Gasteiger partial charge on any atom is -0.479 e. The van der Waals surface area contributed by atoms with Gasteiger partial charge in [0.1, 0.15) is 6.10 Å². The highest BCUT2D eigenvalue weighted by atomic mass is 16.5. The molecule has 3 rings (SSSR count). The van der Waals surface area contributed by atoms with Crippen molar-refractivity contribution in [3.63, 3.8) is 0 Å². The summed E-state index contributed by atoms with van der Waals surface area (Å²) in [5, 5.41) is 22.6. The van der Waals surface area contributed by atoms with Crippen molar-refractivity contribution in [2.24, 2.45) is 0 Å². The molecule has 156 valence electrons. The number of hydrogen-bond acceptors (Lipinski definition) is 4. The molecule has 5 heteroatoms. The average Bonchev–Trinajstić information content (AvgIpc) is 2.79. The standard InChI is InChI=1S/C25H27NO4/c1-25(26-17-18-9-5-3-6-10-18,23(30-2)20-11-7-4-8-12-20)21-15-13-19(14-16-21)22(27)24(28)29/h3-16,22-23,26-27H,17H2,1-2H3,(H,28,29)/t22-,23?,25?/m0/s1. The molecule has 30 heavy (non-hydrogen) atoms. The van der Waals surface area contributed by atoms with Gasteiger partial charge in [0.2, 0.25) is 0 Å². The average molecular weight is 405 g/mol. The van der Waals surface area contributed by atoms with Crippen molar-refractivity contribution in [3.8, 4) is 0 Å². The van der Waals surface area contributed by atoms with Crippen LogP contribution in [0.3, 0.4) is 0 Å². The Kier molecular flexibility index (Phi) is 7.00. The maximum Gasteiger partial charge on any atom is 0.337 e. The largest absolute Gasteiger partial charge is 0.479 e. The van der Waals surface area contributed by atoms with E-state index in [0.29, 0.717) is 12.1 Å². The first-order valence-electron chi connectivity index (χ1n) is 9.83. The van der Waals surface area contributed by atoms with Gasteiger partial charge in [0, 0.05) is 13.7 Å². The van der Waals surface area contributed by atoms with Crippen molar-refractivity contribution in [3.05, 3.63) is 107 Å². The van der Waals surface area contributed by atoms with Gasteiger partial charge in [-0.2, -0.15) is 0 Å². The summed E-state index contributed by atoms with van der Waals surface area (Å²) in [6, 6.07) is 27.1. The summed E-state index contributed by atoms with van der Waals surface area (Å²) >= 11 is 0. The Bertz CT molecular complexity index is 944. The highest BCUT2D eigenvalue weighted by Gasteiger charge is 2.37. The monoisotopic (exact) mass is 405 g/mol. The maximum atomic E-state index is 11.1. The first-order chi connectivity index (χ1) is 14.5. The van der Waals surface area contributed by atoms with Gasteiger partial charge in [0.05, 0.1) is 5.54 Å². The van der Waals surface area contributed by atoms with Crippen LogP contribution in [0.1, 0.15) is 41.4 Å². The summed E-state index contributed by atoms with van der Waals surface area (Å²) in [4.78, 5) is 11.1. The quantitative estimate of drug-likeness (QED) is 0.497. The van der Waals surface area contributed by atoms with E-state index >= 15 is 0 Å². The van der Waals surface area contributed by atoms with Crippen LogP contribution in [0.25, 0.3) is 0 Å². The number of aliphatic hydroxyl groups is 1. The molecular formula is C25H27NO4. The second-order valence-electron chi connectivity index (χ2n) is 7.43. The zero-order valence-electron chi connectivity index (χ0n) is 17.2. The van der Waals surface area contributed by atoms with E-state index in [4.69, 9.17) is 9.84 Å². The smallest absolute Gasteiger partial charge is 0.337 e. The molecule has 3 aromatic rings. The number of aliphatic carboxylic acids is 1. The van der Waals surface area contributed by atoms with Gasteiger partial charge >= 0.3 is 5.97 Å². The second-order valence-corrected chi connectivity index (χ2v) is 7.43. The van der Waals surface area contributed by atoms with E-state index in [1.165, 1.54) is 0 Å². The number of aliphatic hydroxyl groups excluding tert-OH is 1. The van der Waals surface area contributed by atoms with Crippen molar-refractivity contribution in [2.75, 3.05) is 7.11 Å². The number of benzene rings is 3. The Morgan fingerprint density at radius 1 is 0.933 bits per heavy atom. The van der Waals surface area contributed by atoms with Crippen LogP contribution >= 0.6 is 0 Å². The molecule has 0 aliphatic heterocycles. The Balaban J connectivity index is 1.98. The number of ether oxygens (including phenoxy) is 1. The molecule has 0 saturated carbocycles. The van der Waals surface area contributed by atoms with Crippen LogP contribution < -0.4 is 5.32 Å². The van der Waals surface area contributed by atoms with Gasteiger partial charge in [0.15, 0.2) is 6.10 Å². The Morgan fingerprint density at radius 2 is 1.50 bits per heavy atom. The molecule has 3 atom stereocenters. The lowest BCUT2D eigenvalue weighted by Gasteiger charge is -2.39. The third-order valence-corrected chi connectivity index (χ3v) is 5.42. The number of carboxylic acid groups (broad SMARTS) is 1. The molecule has 3 aromatic carbocycles. The number of rotatable bonds is 9. The number of carboxylic acids is 1. The molecule has 0 radical (unpaired) electrons. The number of nitrogens with one attached hydrogen (secondary N) is 1. The van der Waals surface area contributed by atoms with Crippen molar-refractivity contribution < 1.29 is 19.7 Å². The Hall–Kier alpha value is -2.99. The highest BCUT2D eigenvalue weighted by Crippen LogP contribution is 2.38. The minimum absolute atomic E-state index is 0.294. The van der Waals surface area contributed by atoms with Gasteiger partial charge in [-0.15, -0.1) is 0 Å². The fourth-order valence-electron chi connectivity index (χ4n) is 3.71. The fraction of sp³-hybridized carbons (Fsp3) is 0.240. The Labute approximate surface area is 177 Å². The summed E-state index contributed by atoms with van der Waals surface area (Å²) in [5.41, 5.74) is 2.82. The van der Waals surface area contributed by atoms with E-state index in [0.717, 1.165) is 16.7 Å². The minimum atomic E-state index is -1.55. The zero-order valence-corrected chi connectivity index (χ0v) is 17.2. The van der Waals surface area contributed by atoms with Gasteiger partial charge in [-0.05, 0) is 29.2 Å². The van der Waals surface area contributed by atoms with Gasteiger partial charge < -0.3 is 20.3 Å². The molecule has 5 nitrogen and oxygen atoms in total. The molecule has 2 unspecified atom stereocenters. The number of hydrogen-bond donors (Lipinski definition) is 3. The predicted octanol–water partition coefficient (Wildman–Crippen LogP) is 4.20. The second kappa shape index (κ2) is 9.67. The Morgan fingerprint density at radius 3 is 2.03 bits per heavy atom. The van der Waals surface area contributed by atoms with Crippen LogP contribution in [0.15, 0.2) is 84.9 Å². The molecule has 0 fully saturated rings. The highest BCUT2D eigenvalue weighted by molar-refractivity contribution is 5.74. The van der Waals surface area contributed by atoms with E-state index in [1.807, 2.05) is 60.7 Å². The molecule has 0 bridgehead atoms. The van der Waals surface area contributed by atoms with Gasteiger partial charge in [-0.3, -0.25) is 0 Å². The lowest BCUT2D eigenvalue weighted by atomic mass is 9.82. The van der Waals surface area contributed by atoms with Crippen molar-refractivity contribution in [1.82, 2.24) is 5.32 Å². The van der Waals surface area contributed by atoms with Gasteiger partial charge in [-0.25, -0.2) is 4.79 Å². The molecular weight excluding hydrogens is 378 g/mol. The maximum absolute atomic E-state index is 11.1. The summed E-state index contributed by atoms with van der Waals surface area (Å²) < 4.78 is 5.95. The summed E-state index contributed by atoms with van der Waals surface area (Å²) in [6.07, 6.45) is -1.84. The van der Waals surface area contributed by atoms with Crippen molar-refractivity contribution in [2.45, 2.75) is 31.2 Å². The predicted molar refractivity (Wildman–Crippen MR) is 116 cm³/mol. The SMILES string of the molecule is COC(c1ccccc1)C(C)(NCc1ccccc1)c1ccc([C@H](O)C(=O)O)cc1. The normalized spacial score (nSPS) is 15.2. The van der Waals surface area contributed by atoms with E-state index in [9.17, 15) is 9.90 Å². The summed E-state index contributed by atoms with van der Waals surface area (Å²) in [7, 11) is 1.68. The topological polar surface area (TPSA) is 78.8 Å². The van der Waals surface area contributed by atoms with Crippen LogP contribution in [0.5, 0.6) is 0 Å². The first-order valence-corrected chi connectivity index (χ1v) is 9.83. The van der Waals surface area contributed by atoms with Crippen LogP contribution in [-0.2, 0) is 21.6 Å². The van der Waals surface area contributed by atoms with Crippen LogP contribution in [0.2, 0.25) is 0 Å². The van der Waals surface area contributed by atoms with Crippen molar-refractivity contribution >= 4 is 5.97 Å². The van der Waals surface area contributed by atoms with Gasteiger partial charge in [0.25, 0.3) is 0 Å². The van der Waals surface area contributed by atoms with E-state index in [2.05, 4.69) is 24.4 Å². The lowest BCUT2D eigenvalue weighted by molar-refractivity contribution is -0.146. The third kappa shape index (κ3) is 4.76. The third-order valence-electron chi connectivity index (χ3n) is 5.42. The molecule has 0 aromatic heterocycles. The van der Waals surface area contributed by atoms with Crippen LogP contribution in [-0.4, -0.2) is 23.3 Å². The van der Waals surface area contributed by atoms with E-state index in [-0.39, 0.29) is 6.10 Å². The van der Waals surface area contributed by atoms with Crippen LogP contribution in [0.4, 0.5) is 0 Å². The fourth-order valence-corrected chi connectivity index (χ4v) is 3.71. The summed E-state index contributed by atoms with van der Waals surface area (Å²) in [6.45, 7) is 2.70. The van der Waals surface area contributed by atoms with E-state index < -0.39 is 17.6 Å². The zero-order chi connectivity index (χ0) is 21.6. The summed E-state index contributed by atoms with van der Waals surface area (Å²) in [5.74, 6) is -1.27. The van der Waals surface area contributed by atoms with E-state index in [1.54, 1.807) is 19.2 Å². The van der Waals surface area contributed by atoms with Crippen molar-refractivity contribution in [1.29, 1.82) is 0 Å². The molecule has 0 spiro atoms. The van der Waals surface area contributed by atoms with Gasteiger partial charge in [-0.1, -0.05) is 84.9 Å². The molecule has 0 aliphatic rings.